The molecule has 1 aromatic carbocycles. The van der Waals surface area contributed by atoms with Crippen molar-refractivity contribution in [1.29, 1.82) is 0 Å². The fourth-order valence-corrected chi connectivity index (χ4v) is 2.48. The van der Waals surface area contributed by atoms with Gasteiger partial charge in [0.1, 0.15) is 0 Å². The lowest BCUT2D eigenvalue weighted by Crippen LogP contribution is -2.41. The molecule has 24 heavy (non-hydrogen) atoms. The summed E-state index contributed by atoms with van der Waals surface area (Å²) in [7, 11) is 0. The molecule has 1 amide bonds. The maximum Gasteiger partial charge on any atom is 0.221 e. The number of nitrogens with one attached hydrogen (secondary N) is 3. The zero-order chi connectivity index (χ0) is 16.5. The maximum absolute atomic E-state index is 11.1. The van der Waals surface area contributed by atoms with E-state index in [1.807, 2.05) is 31.2 Å². The Morgan fingerprint density at radius 2 is 2.21 bits per heavy atom. The zero-order valence-corrected chi connectivity index (χ0v) is 16.6. The molecule has 3 N–H and O–H groups in total. The summed E-state index contributed by atoms with van der Waals surface area (Å²) in [6.45, 7) is 6.54. The van der Waals surface area contributed by atoms with Gasteiger partial charge in [0, 0.05) is 32.3 Å². The molecule has 1 saturated heterocycles. The van der Waals surface area contributed by atoms with Gasteiger partial charge in [0.15, 0.2) is 5.96 Å². The van der Waals surface area contributed by atoms with Crippen molar-refractivity contribution < 1.29 is 9.53 Å². The average molecular weight is 446 g/mol. The van der Waals surface area contributed by atoms with Crippen LogP contribution in [0.2, 0.25) is 0 Å². The van der Waals surface area contributed by atoms with Gasteiger partial charge in [0.05, 0.1) is 12.6 Å². The van der Waals surface area contributed by atoms with Crippen molar-refractivity contribution in [3.05, 3.63) is 29.8 Å². The number of amides is 1. The first kappa shape index (κ1) is 20.7. The van der Waals surface area contributed by atoms with Gasteiger partial charge < -0.3 is 20.7 Å². The molecule has 7 heteroatoms. The number of aliphatic imine (C=N–C) groups is 1. The molecule has 0 aliphatic carbocycles. The predicted octanol–water partition coefficient (Wildman–Crippen LogP) is 2.50. The van der Waals surface area contributed by atoms with Crippen LogP contribution in [0.1, 0.15) is 32.3 Å². The summed E-state index contributed by atoms with van der Waals surface area (Å²) in [6, 6.07) is 7.73. The summed E-state index contributed by atoms with van der Waals surface area (Å²) in [6.07, 6.45) is 2.52. The quantitative estimate of drug-likeness (QED) is 0.357. The van der Waals surface area contributed by atoms with Crippen molar-refractivity contribution in [3.63, 3.8) is 0 Å². The Balaban J connectivity index is 0.00000288. The maximum atomic E-state index is 11.1. The zero-order valence-electron chi connectivity index (χ0n) is 14.3. The molecule has 1 aromatic rings. The van der Waals surface area contributed by atoms with Gasteiger partial charge in [-0.15, -0.1) is 24.0 Å². The molecule has 1 fully saturated rings. The van der Waals surface area contributed by atoms with E-state index >= 15 is 0 Å². The molecule has 1 atom stereocenters. The number of anilines is 1. The third-order valence-electron chi connectivity index (χ3n) is 3.53. The standard InChI is InChI=1S/C17H26N4O2.HI/c1-3-18-17(20-12-16-8-5-9-23-16)19-11-14-6-4-7-15(10-14)21-13(2)22;/h4,6-7,10,16H,3,5,8-9,11-12H2,1-2H3,(H,21,22)(H2,18,19,20);1H. The molecule has 134 valence electrons. The van der Waals surface area contributed by atoms with Crippen LogP contribution in [-0.4, -0.2) is 37.7 Å². The second-order valence-corrected chi connectivity index (χ2v) is 5.59. The molecule has 0 aromatic heterocycles. The SMILES string of the molecule is CCNC(=NCc1cccc(NC(C)=O)c1)NCC1CCCO1.I. The monoisotopic (exact) mass is 446 g/mol. The van der Waals surface area contributed by atoms with E-state index in [0.29, 0.717) is 6.54 Å². The molecule has 1 aliphatic heterocycles. The molecule has 2 rings (SSSR count). The third-order valence-corrected chi connectivity index (χ3v) is 3.53. The van der Waals surface area contributed by atoms with Gasteiger partial charge >= 0.3 is 0 Å². The molecule has 6 nitrogen and oxygen atoms in total. The van der Waals surface area contributed by atoms with E-state index in [9.17, 15) is 4.79 Å². The Kier molecular flexibility index (Phi) is 9.70. The highest BCUT2D eigenvalue weighted by Gasteiger charge is 2.15. The third kappa shape index (κ3) is 7.48. The minimum absolute atomic E-state index is 0. The number of ether oxygens (including phenoxy) is 1. The van der Waals surface area contributed by atoms with Crippen LogP contribution in [0.4, 0.5) is 5.69 Å². The lowest BCUT2D eigenvalue weighted by molar-refractivity contribution is -0.114. The van der Waals surface area contributed by atoms with Crippen molar-refractivity contribution in [2.24, 2.45) is 4.99 Å². The molecule has 0 saturated carbocycles. The molecule has 0 radical (unpaired) electrons. The van der Waals surface area contributed by atoms with Crippen molar-refractivity contribution in [2.75, 3.05) is 25.0 Å². The first-order valence-corrected chi connectivity index (χ1v) is 8.17. The molecule has 1 unspecified atom stereocenters. The number of benzene rings is 1. The smallest absolute Gasteiger partial charge is 0.221 e. The van der Waals surface area contributed by atoms with Crippen LogP contribution in [0, 0.1) is 0 Å². The Labute approximate surface area is 160 Å². The minimum Gasteiger partial charge on any atom is -0.376 e. The van der Waals surface area contributed by atoms with Crippen LogP contribution < -0.4 is 16.0 Å². The number of hydrogen-bond acceptors (Lipinski definition) is 3. The highest BCUT2D eigenvalue weighted by molar-refractivity contribution is 14.0. The highest BCUT2D eigenvalue weighted by Crippen LogP contribution is 2.12. The Morgan fingerprint density at radius 1 is 1.38 bits per heavy atom. The predicted molar refractivity (Wildman–Crippen MR) is 108 cm³/mol. The summed E-state index contributed by atoms with van der Waals surface area (Å²) in [5, 5.41) is 9.35. The topological polar surface area (TPSA) is 74.8 Å². The van der Waals surface area contributed by atoms with Gasteiger partial charge in [0.25, 0.3) is 0 Å². The molecular weight excluding hydrogens is 419 g/mol. The molecular formula is C17H27IN4O2. The fourth-order valence-electron chi connectivity index (χ4n) is 2.48. The summed E-state index contributed by atoms with van der Waals surface area (Å²) in [4.78, 5) is 15.7. The average Bonchev–Trinajstić information content (AvgIpc) is 3.03. The van der Waals surface area contributed by atoms with Crippen LogP contribution in [-0.2, 0) is 16.1 Å². The van der Waals surface area contributed by atoms with Crippen LogP contribution in [0.15, 0.2) is 29.3 Å². The number of rotatable bonds is 6. The van der Waals surface area contributed by atoms with Crippen LogP contribution in [0.25, 0.3) is 0 Å². The minimum atomic E-state index is -0.0720. The summed E-state index contributed by atoms with van der Waals surface area (Å²) >= 11 is 0. The fraction of sp³-hybridized carbons (Fsp3) is 0.529. The lowest BCUT2D eigenvalue weighted by Gasteiger charge is -2.14. The van der Waals surface area contributed by atoms with E-state index in [1.165, 1.54) is 6.92 Å². The Bertz CT molecular complexity index is 545. The van der Waals surface area contributed by atoms with E-state index in [4.69, 9.17) is 4.74 Å². The number of guanidine groups is 1. The normalized spacial score (nSPS) is 17.1. The van der Waals surface area contributed by atoms with Gasteiger partial charge in [-0.1, -0.05) is 12.1 Å². The van der Waals surface area contributed by atoms with Gasteiger partial charge in [-0.3, -0.25) is 4.79 Å². The first-order valence-electron chi connectivity index (χ1n) is 8.17. The van der Waals surface area contributed by atoms with Gasteiger partial charge in [-0.25, -0.2) is 4.99 Å². The molecule has 1 aliphatic rings. The summed E-state index contributed by atoms with van der Waals surface area (Å²) < 4.78 is 5.61. The number of carbonyl (C=O) groups excluding carboxylic acids is 1. The number of nitrogens with zero attached hydrogens (tertiary/aromatic N) is 1. The van der Waals surface area contributed by atoms with Crippen molar-refractivity contribution in [3.8, 4) is 0 Å². The second kappa shape index (κ2) is 11.2. The lowest BCUT2D eigenvalue weighted by atomic mass is 10.2. The van der Waals surface area contributed by atoms with Crippen molar-refractivity contribution in [2.45, 2.75) is 39.3 Å². The van der Waals surface area contributed by atoms with E-state index in [0.717, 1.165) is 49.7 Å². The summed E-state index contributed by atoms with van der Waals surface area (Å²) in [5.41, 5.74) is 1.84. The van der Waals surface area contributed by atoms with E-state index in [2.05, 4.69) is 20.9 Å². The van der Waals surface area contributed by atoms with E-state index in [-0.39, 0.29) is 36.0 Å². The van der Waals surface area contributed by atoms with Crippen molar-refractivity contribution >= 4 is 41.5 Å². The highest BCUT2D eigenvalue weighted by atomic mass is 127. The molecule has 0 bridgehead atoms. The van der Waals surface area contributed by atoms with Crippen LogP contribution >= 0.6 is 24.0 Å². The van der Waals surface area contributed by atoms with Gasteiger partial charge in [-0.2, -0.15) is 0 Å². The van der Waals surface area contributed by atoms with E-state index in [1.54, 1.807) is 0 Å². The summed E-state index contributed by atoms with van der Waals surface area (Å²) in [5.74, 6) is 0.713. The number of hydrogen-bond donors (Lipinski definition) is 3. The van der Waals surface area contributed by atoms with Gasteiger partial charge in [0.2, 0.25) is 5.91 Å². The molecule has 0 spiro atoms. The first-order chi connectivity index (χ1) is 11.2. The van der Waals surface area contributed by atoms with Crippen molar-refractivity contribution in [1.82, 2.24) is 10.6 Å². The number of carbonyl (C=O) groups is 1. The largest absolute Gasteiger partial charge is 0.376 e. The van der Waals surface area contributed by atoms with Crippen LogP contribution in [0.3, 0.4) is 0 Å². The van der Waals surface area contributed by atoms with Gasteiger partial charge in [-0.05, 0) is 37.5 Å². The number of halogens is 1. The Hall–Kier alpha value is -1.35. The molecule has 1 heterocycles. The van der Waals surface area contributed by atoms with Crippen LogP contribution in [0.5, 0.6) is 0 Å². The second-order valence-electron chi connectivity index (χ2n) is 5.59. The Morgan fingerprint density at radius 3 is 2.88 bits per heavy atom. The van der Waals surface area contributed by atoms with E-state index < -0.39 is 0 Å².